The van der Waals surface area contributed by atoms with Gasteiger partial charge in [0, 0.05) is 50.9 Å². The van der Waals surface area contributed by atoms with Crippen LogP contribution in [-0.4, -0.2) is 59.5 Å². The molecule has 1 fully saturated rings. The number of carbonyl (C=O) groups is 1. The molecule has 1 aromatic heterocycles. The molecule has 0 atom stereocenters. The lowest BCUT2D eigenvalue weighted by Crippen LogP contribution is -2.52. The lowest BCUT2D eigenvalue weighted by molar-refractivity contribution is 0.1000. The maximum atomic E-state index is 11.3. The van der Waals surface area contributed by atoms with E-state index in [1.54, 1.807) is 18.4 Å². The van der Waals surface area contributed by atoms with E-state index in [1.165, 1.54) is 0 Å². The summed E-state index contributed by atoms with van der Waals surface area (Å²) in [6.45, 7) is 7.84. The number of guanidine groups is 1. The molecule has 2 aromatic rings. The molecule has 1 amide bonds. The Hall–Kier alpha value is -2.14. The summed E-state index contributed by atoms with van der Waals surface area (Å²) in [5, 5.41) is 7.34. The van der Waals surface area contributed by atoms with E-state index in [0.717, 1.165) is 56.5 Å². The van der Waals surface area contributed by atoms with Crippen molar-refractivity contribution in [2.24, 2.45) is 10.7 Å². The van der Waals surface area contributed by atoms with Crippen molar-refractivity contribution in [3.63, 3.8) is 0 Å². The standard InChI is InChI=1S/C19H26N6O2.HI/c1-2-21-19(22-13-15-4-3-5-16(12-15)18(20)26)25-9-7-24(8-10-25)14-17-6-11-27-23-17;/h3-6,11-12H,2,7-10,13-14H2,1H3,(H2,20,26)(H,21,22);1H. The number of aliphatic imine (C=N–C) groups is 1. The summed E-state index contributed by atoms with van der Waals surface area (Å²) in [5.41, 5.74) is 7.78. The van der Waals surface area contributed by atoms with E-state index in [-0.39, 0.29) is 24.0 Å². The van der Waals surface area contributed by atoms with Crippen LogP contribution < -0.4 is 11.1 Å². The Bertz CT molecular complexity index is 772. The number of piperazine rings is 1. The van der Waals surface area contributed by atoms with Crippen LogP contribution in [0.25, 0.3) is 0 Å². The normalized spacial score (nSPS) is 15.2. The number of nitrogens with zero attached hydrogens (tertiary/aromatic N) is 4. The monoisotopic (exact) mass is 498 g/mol. The van der Waals surface area contributed by atoms with Gasteiger partial charge in [0.05, 0.1) is 12.2 Å². The Morgan fingerprint density at radius 3 is 2.71 bits per heavy atom. The summed E-state index contributed by atoms with van der Waals surface area (Å²) < 4.78 is 4.90. The lowest BCUT2D eigenvalue weighted by Gasteiger charge is -2.36. The topological polar surface area (TPSA) is 100.0 Å². The fourth-order valence-electron chi connectivity index (χ4n) is 3.08. The molecule has 0 unspecified atom stereocenters. The third kappa shape index (κ3) is 6.20. The molecule has 1 aromatic carbocycles. The predicted octanol–water partition coefficient (Wildman–Crippen LogP) is 1.67. The van der Waals surface area contributed by atoms with E-state index in [1.807, 2.05) is 18.2 Å². The second-order valence-electron chi connectivity index (χ2n) is 6.49. The van der Waals surface area contributed by atoms with Crippen LogP contribution in [0.2, 0.25) is 0 Å². The Balaban J connectivity index is 0.00000280. The number of hydrogen-bond donors (Lipinski definition) is 2. The van der Waals surface area contributed by atoms with Gasteiger partial charge in [0.2, 0.25) is 5.91 Å². The third-order valence-electron chi connectivity index (χ3n) is 4.51. The van der Waals surface area contributed by atoms with Crippen molar-refractivity contribution < 1.29 is 9.32 Å². The van der Waals surface area contributed by atoms with Gasteiger partial charge in [-0.3, -0.25) is 9.69 Å². The smallest absolute Gasteiger partial charge is 0.248 e. The Morgan fingerprint density at radius 2 is 2.07 bits per heavy atom. The van der Waals surface area contributed by atoms with Crippen molar-refractivity contribution in [1.82, 2.24) is 20.3 Å². The van der Waals surface area contributed by atoms with Crippen LogP contribution in [0.5, 0.6) is 0 Å². The minimum absolute atomic E-state index is 0. The highest BCUT2D eigenvalue weighted by Gasteiger charge is 2.20. The first-order chi connectivity index (χ1) is 13.2. The van der Waals surface area contributed by atoms with Crippen LogP contribution in [-0.2, 0) is 13.1 Å². The number of aromatic nitrogens is 1. The molecule has 28 heavy (non-hydrogen) atoms. The molecule has 3 N–H and O–H groups in total. The van der Waals surface area contributed by atoms with Crippen LogP contribution in [0, 0.1) is 0 Å². The van der Waals surface area contributed by atoms with Crippen molar-refractivity contribution in [3.8, 4) is 0 Å². The third-order valence-corrected chi connectivity index (χ3v) is 4.51. The molecule has 0 spiro atoms. The number of nitrogens with one attached hydrogen (secondary N) is 1. The fraction of sp³-hybridized carbons (Fsp3) is 0.421. The summed E-state index contributed by atoms with van der Waals surface area (Å²) in [4.78, 5) is 20.7. The highest BCUT2D eigenvalue weighted by atomic mass is 127. The van der Waals surface area contributed by atoms with Crippen molar-refractivity contribution in [1.29, 1.82) is 0 Å². The molecule has 0 saturated carbocycles. The Kier molecular flexibility index (Phi) is 8.71. The van der Waals surface area contributed by atoms with Gasteiger partial charge in [0.15, 0.2) is 5.96 Å². The van der Waals surface area contributed by atoms with Gasteiger partial charge in [-0.1, -0.05) is 17.3 Å². The van der Waals surface area contributed by atoms with Crippen molar-refractivity contribution in [3.05, 3.63) is 53.4 Å². The van der Waals surface area contributed by atoms with E-state index in [4.69, 9.17) is 15.2 Å². The van der Waals surface area contributed by atoms with Crippen LogP contribution in [0.1, 0.15) is 28.5 Å². The quantitative estimate of drug-likeness (QED) is 0.357. The van der Waals surface area contributed by atoms with Crippen LogP contribution in [0.15, 0.2) is 46.1 Å². The van der Waals surface area contributed by atoms with E-state index in [0.29, 0.717) is 12.1 Å². The second-order valence-corrected chi connectivity index (χ2v) is 6.49. The van der Waals surface area contributed by atoms with Gasteiger partial charge in [0.1, 0.15) is 6.26 Å². The summed E-state index contributed by atoms with van der Waals surface area (Å²) in [6, 6.07) is 9.20. The lowest BCUT2D eigenvalue weighted by atomic mass is 10.1. The second kappa shape index (κ2) is 11.0. The number of halogens is 1. The first kappa shape index (κ1) is 22.2. The predicted molar refractivity (Wildman–Crippen MR) is 119 cm³/mol. The van der Waals surface area contributed by atoms with Crippen LogP contribution >= 0.6 is 24.0 Å². The van der Waals surface area contributed by atoms with Gasteiger partial charge >= 0.3 is 0 Å². The number of rotatable bonds is 6. The zero-order chi connectivity index (χ0) is 19.1. The van der Waals surface area contributed by atoms with Gasteiger partial charge in [-0.25, -0.2) is 4.99 Å². The van der Waals surface area contributed by atoms with Gasteiger partial charge in [-0.15, -0.1) is 24.0 Å². The van der Waals surface area contributed by atoms with E-state index >= 15 is 0 Å². The van der Waals surface area contributed by atoms with Gasteiger partial charge in [-0.05, 0) is 24.6 Å². The minimum Gasteiger partial charge on any atom is -0.366 e. The first-order valence-corrected chi connectivity index (χ1v) is 9.19. The molecule has 0 radical (unpaired) electrons. The molecule has 1 aliphatic rings. The average Bonchev–Trinajstić information content (AvgIpc) is 3.19. The number of carbonyl (C=O) groups excluding carboxylic acids is 1. The van der Waals surface area contributed by atoms with Gasteiger partial charge in [0.25, 0.3) is 0 Å². The van der Waals surface area contributed by atoms with E-state index in [2.05, 4.69) is 27.2 Å². The molecule has 9 heteroatoms. The van der Waals surface area contributed by atoms with Crippen molar-refractivity contribution >= 4 is 35.8 Å². The van der Waals surface area contributed by atoms with Crippen LogP contribution in [0.3, 0.4) is 0 Å². The molecule has 1 aliphatic heterocycles. The highest BCUT2D eigenvalue weighted by Crippen LogP contribution is 2.09. The summed E-state index contributed by atoms with van der Waals surface area (Å²) in [6.07, 6.45) is 1.61. The minimum atomic E-state index is -0.420. The summed E-state index contributed by atoms with van der Waals surface area (Å²) in [5.74, 6) is 0.471. The highest BCUT2D eigenvalue weighted by molar-refractivity contribution is 14.0. The maximum Gasteiger partial charge on any atom is 0.248 e. The zero-order valence-corrected chi connectivity index (χ0v) is 18.3. The number of primary amides is 1. The number of amides is 1. The summed E-state index contributed by atoms with van der Waals surface area (Å²) in [7, 11) is 0. The van der Waals surface area contributed by atoms with E-state index < -0.39 is 5.91 Å². The van der Waals surface area contributed by atoms with Gasteiger partial charge < -0.3 is 20.5 Å². The number of nitrogens with two attached hydrogens (primary N) is 1. The number of hydrogen-bond acceptors (Lipinski definition) is 5. The zero-order valence-electron chi connectivity index (χ0n) is 16.0. The van der Waals surface area contributed by atoms with Gasteiger partial charge in [-0.2, -0.15) is 0 Å². The molecule has 2 heterocycles. The Labute approximate surface area is 182 Å². The number of benzene rings is 1. The molecular weight excluding hydrogens is 471 g/mol. The first-order valence-electron chi connectivity index (χ1n) is 9.19. The van der Waals surface area contributed by atoms with E-state index in [9.17, 15) is 4.79 Å². The molecule has 1 saturated heterocycles. The van der Waals surface area contributed by atoms with Crippen LogP contribution in [0.4, 0.5) is 0 Å². The average molecular weight is 498 g/mol. The summed E-state index contributed by atoms with van der Waals surface area (Å²) >= 11 is 0. The SMILES string of the molecule is CCNC(=NCc1cccc(C(N)=O)c1)N1CCN(Cc2ccon2)CC1.I. The molecule has 8 nitrogen and oxygen atoms in total. The maximum absolute atomic E-state index is 11.3. The molecular formula is C19H27IN6O2. The molecule has 152 valence electrons. The van der Waals surface area contributed by atoms with Crippen molar-refractivity contribution in [2.45, 2.75) is 20.0 Å². The molecule has 0 bridgehead atoms. The largest absolute Gasteiger partial charge is 0.366 e. The molecule has 0 aliphatic carbocycles. The Morgan fingerprint density at radius 1 is 1.29 bits per heavy atom. The van der Waals surface area contributed by atoms with Crippen molar-refractivity contribution in [2.75, 3.05) is 32.7 Å². The molecule has 3 rings (SSSR count). The fourth-order valence-corrected chi connectivity index (χ4v) is 3.08.